The van der Waals surface area contributed by atoms with Crippen molar-refractivity contribution in [1.29, 1.82) is 0 Å². The highest BCUT2D eigenvalue weighted by Gasteiger charge is 2.47. The van der Waals surface area contributed by atoms with Crippen molar-refractivity contribution in [2.75, 3.05) is 59.0 Å². The molecule has 2 unspecified atom stereocenters. The molecule has 12 nitrogen and oxygen atoms in total. The predicted molar refractivity (Wildman–Crippen MR) is 156 cm³/mol. The van der Waals surface area contributed by atoms with E-state index in [0.717, 1.165) is 37.8 Å². The number of imide groups is 1. The number of aliphatic imine (C=N–C) groups is 1. The number of hydrogen-bond donors (Lipinski definition) is 2. The Labute approximate surface area is 253 Å². The number of nitrogens with one attached hydrogen (secondary N) is 2. The molecule has 2 aromatic carbocycles. The Morgan fingerprint density at radius 2 is 1.70 bits per heavy atom. The van der Waals surface area contributed by atoms with Crippen LogP contribution in [-0.2, 0) is 19.0 Å². The fraction of sp³-hybridized carbons (Fsp3) is 0.433. The number of para-hydroxylation sites is 1. The first-order valence-corrected chi connectivity index (χ1v) is 14.1. The molecular weight excluding hydrogens is 580 g/mol. The monoisotopic (exact) mass is 615 g/mol. The third-order valence-electron chi connectivity index (χ3n) is 7.63. The quantitative estimate of drug-likeness (QED) is 0.305. The van der Waals surface area contributed by atoms with Crippen LogP contribution in [0.2, 0.25) is 0 Å². The number of benzene rings is 2. The van der Waals surface area contributed by atoms with Crippen molar-refractivity contribution in [1.82, 2.24) is 15.5 Å². The zero-order valence-electron chi connectivity index (χ0n) is 24.7. The minimum Gasteiger partial charge on any atom is -0.468 e. The van der Waals surface area contributed by atoms with Crippen molar-refractivity contribution in [3.05, 3.63) is 65.2 Å². The number of anilines is 1. The molecule has 2 aromatic rings. The molecule has 1 saturated heterocycles. The number of methoxy groups -OCH3 is 3. The number of carbonyl (C=O) groups excluding carboxylic acids is 4. The summed E-state index contributed by atoms with van der Waals surface area (Å²) in [5.74, 6) is -4.87. The number of carbonyl (C=O) groups is 4. The zero-order valence-corrected chi connectivity index (χ0v) is 24.7. The Morgan fingerprint density at radius 1 is 0.977 bits per heavy atom. The van der Waals surface area contributed by atoms with Crippen LogP contribution in [0.15, 0.2) is 47.5 Å². The summed E-state index contributed by atoms with van der Waals surface area (Å²) in [5, 5.41) is 6.04. The number of rotatable bonds is 10. The van der Waals surface area contributed by atoms with Crippen LogP contribution in [0.25, 0.3) is 0 Å². The standard InChI is InChI=1S/C30H35F2N5O7/c1-42-17-23-25(28(39)44-3)26(18-8-9-21(31)22(32)16-18)37(30(41)35-23)29(40)34-13-12-33-19-10-14-36(15-11-19)24-7-5-4-6-20(24)27(38)43-2/h4-9,16,19,25-26,33H,10-15,17H2,1-3H3,(H,34,40). The lowest BCUT2D eigenvalue weighted by Gasteiger charge is -2.37. The van der Waals surface area contributed by atoms with E-state index in [4.69, 9.17) is 14.2 Å². The fourth-order valence-corrected chi connectivity index (χ4v) is 5.50. The highest BCUT2D eigenvalue weighted by Crippen LogP contribution is 2.36. The molecule has 2 atom stereocenters. The topological polar surface area (TPSA) is 139 Å². The molecule has 14 heteroatoms. The SMILES string of the molecule is COCC1=NC(=O)N(C(=O)NCCNC2CCN(c3ccccc3C(=O)OC)CC2)C(c2ccc(F)c(F)c2)C1C(=O)OC. The molecule has 2 N–H and O–H groups in total. The van der Waals surface area contributed by atoms with Crippen LogP contribution in [0.3, 0.4) is 0 Å². The van der Waals surface area contributed by atoms with E-state index >= 15 is 0 Å². The molecule has 0 spiro atoms. The second kappa shape index (κ2) is 14.8. The molecule has 0 aromatic heterocycles. The molecule has 0 aliphatic carbocycles. The van der Waals surface area contributed by atoms with Gasteiger partial charge in [0.2, 0.25) is 0 Å². The van der Waals surface area contributed by atoms with Gasteiger partial charge in [-0.15, -0.1) is 0 Å². The van der Waals surface area contributed by atoms with E-state index in [1.807, 2.05) is 12.1 Å². The summed E-state index contributed by atoms with van der Waals surface area (Å²) in [6, 6.07) is 7.08. The largest absolute Gasteiger partial charge is 0.468 e. The summed E-state index contributed by atoms with van der Waals surface area (Å²) in [5.41, 5.74) is 1.31. The predicted octanol–water partition coefficient (Wildman–Crippen LogP) is 3.07. The van der Waals surface area contributed by atoms with Crippen molar-refractivity contribution in [3.63, 3.8) is 0 Å². The smallest absolute Gasteiger partial charge is 0.352 e. The van der Waals surface area contributed by atoms with Crippen LogP contribution in [0.4, 0.5) is 24.1 Å². The van der Waals surface area contributed by atoms with Crippen LogP contribution >= 0.6 is 0 Å². The first-order valence-electron chi connectivity index (χ1n) is 14.1. The molecular formula is C30H35F2N5O7. The van der Waals surface area contributed by atoms with Gasteiger partial charge < -0.3 is 29.7 Å². The molecule has 2 heterocycles. The number of amides is 4. The van der Waals surface area contributed by atoms with Gasteiger partial charge in [-0.3, -0.25) is 4.79 Å². The summed E-state index contributed by atoms with van der Waals surface area (Å²) in [6.45, 7) is 1.67. The highest BCUT2D eigenvalue weighted by atomic mass is 19.2. The van der Waals surface area contributed by atoms with Gasteiger partial charge in [0.05, 0.1) is 43.8 Å². The third kappa shape index (κ3) is 7.19. The lowest BCUT2D eigenvalue weighted by atomic mass is 9.86. The van der Waals surface area contributed by atoms with Gasteiger partial charge in [-0.1, -0.05) is 18.2 Å². The number of urea groups is 2. The molecule has 2 aliphatic heterocycles. The minimum absolute atomic E-state index is 0.00459. The Hall–Kier alpha value is -4.43. The second-order valence-electron chi connectivity index (χ2n) is 10.3. The van der Waals surface area contributed by atoms with Crippen molar-refractivity contribution >= 4 is 35.4 Å². The van der Waals surface area contributed by atoms with Crippen LogP contribution in [0.1, 0.15) is 34.8 Å². The number of esters is 2. The van der Waals surface area contributed by atoms with Gasteiger partial charge in [0, 0.05) is 39.3 Å². The van der Waals surface area contributed by atoms with Crippen LogP contribution in [0, 0.1) is 17.6 Å². The van der Waals surface area contributed by atoms with Gasteiger partial charge in [0.1, 0.15) is 5.92 Å². The lowest BCUT2D eigenvalue weighted by molar-refractivity contribution is -0.144. The molecule has 0 radical (unpaired) electrons. The fourth-order valence-electron chi connectivity index (χ4n) is 5.50. The average Bonchev–Trinajstić information content (AvgIpc) is 3.03. The van der Waals surface area contributed by atoms with E-state index in [1.54, 1.807) is 12.1 Å². The van der Waals surface area contributed by atoms with Gasteiger partial charge in [-0.25, -0.2) is 28.1 Å². The van der Waals surface area contributed by atoms with Crippen LogP contribution < -0.4 is 15.5 Å². The van der Waals surface area contributed by atoms with E-state index < -0.39 is 47.6 Å². The molecule has 4 amide bonds. The van der Waals surface area contributed by atoms with Gasteiger partial charge in [0.25, 0.3) is 0 Å². The molecule has 0 bridgehead atoms. The summed E-state index contributed by atoms with van der Waals surface area (Å²) < 4.78 is 42.9. The molecule has 2 aliphatic rings. The number of hydrogen-bond acceptors (Lipinski definition) is 9. The normalized spacial score (nSPS) is 18.9. The van der Waals surface area contributed by atoms with Crippen molar-refractivity contribution in [2.24, 2.45) is 10.9 Å². The second-order valence-corrected chi connectivity index (χ2v) is 10.3. The highest BCUT2D eigenvalue weighted by molar-refractivity contribution is 6.12. The third-order valence-corrected chi connectivity index (χ3v) is 7.63. The maximum absolute atomic E-state index is 14.3. The maximum Gasteiger partial charge on any atom is 0.352 e. The van der Waals surface area contributed by atoms with Crippen molar-refractivity contribution < 1.29 is 42.2 Å². The first kappa shape index (κ1) is 32.5. The van der Waals surface area contributed by atoms with Crippen molar-refractivity contribution in [3.8, 4) is 0 Å². The number of piperidine rings is 1. The van der Waals surface area contributed by atoms with E-state index in [1.165, 1.54) is 20.3 Å². The van der Waals surface area contributed by atoms with Gasteiger partial charge in [-0.2, -0.15) is 4.99 Å². The lowest BCUT2D eigenvalue weighted by Crippen LogP contribution is -2.54. The molecule has 1 fully saturated rings. The average molecular weight is 616 g/mol. The summed E-state index contributed by atoms with van der Waals surface area (Å²) in [6.07, 6.45) is 1.56. The van der Waals surface area contributed by atoms with E-state index in [9.17, 15) is 28.0 Å². The maximum atomic E-state index is 14.3. The Bertz CT molecular complexity index is 1410. The van der Waals surface area contributed by atoms with Crippen LogP contribution in [0.5, 0.6) is 0 Å². The minimum atomic E-state index is -1.36. The zero-order chi connectivity index (χ0) is 31.8. The molecule has 0 saturated carbocycles. The Morgan fingerprint density at radius 3 is 2.36 bits per heavy atom. The summed E-state index contributed by atoms with van der Waals surface area (Å²) in [7, 11) is 3.82. The Kier molecular flexibility index (Phi) is 11.0. The first-order chi connectivity index (χ1) is 21.2. The van der Waals surface area contributed by atoms with Gasteiger partial charge >= 0.3 is 24.0 Å². The van der Waals surface area contributed by atoms with E-state index in [2.05, 4.69) is 20.5 Å². The van der Waals surface area contributed by atoms with Crippen LogP contribution in [-0.4, -0.2) is 94.8 Å². The van der Waals surface area contributed by atoms with Crippen molar-refractivity contribution in [2.45, 2.75) is 24.9 Å². The Balaban J connectivity index is 1.40. The van der Waals surface area contributed by atoms with E-state index in [0.29, 0.717) is 30.1 Å². The van der Waals surface area contributed by atoms with Gasteiger partial charge in [-0.05, 0) is 42.7 Å². The molecule has 44 heavy (non-hydrogen) atoms. The van der Waals surface area contributed by atoms with E-state index in [-0.39, 0.29) is 30.5 Å². The number of nitrogens with zero attached hydrogens (tertiary/aromatic N) is 3. The number of ether oxygens (including phenoxy) is 3. The molecule has 4 rings (SSSR count). The summed E-state index contributed by atoms with van der Waals surface area (Å²) in [4.78, 5) is 58.2. The van der Waals surface area contributed by atoms with Gasteiger partial charge in [0.15, 0.2) is 11.6 Å². The molecule has 236 valence electrons. The summed E-state index contributed by atoms with van der Waals surface area (Å²) >= 11 is 0. The number of halogens is 2.